The van der Waals surface area contributed by atoms with E-state index in [1.807, 2.05) is 24.3 Å². The van der Waals surface area contributed by atoms with E-state index in [1.165, 1.54) is 0 Å². The zero-order valence-corrected chi connectivity index (χ0v) is 17.2. The molecule has 1 fully saturated rings. The molecule has 0 heterocycles. The third-order valence-electron chi connectivity index (χ3n) is 4.64. The van der Waals surface area contributed by atoms with Gasteiger partial charge in [0.2, 0.25) is 5.91 Å². The van der Waals surface area contributed by atoms with Gasteiger partial charge in [0.15, 0.2) is 0 Å². The van der Waals surface area contributed by atoms with Gasteiger partial charge in [-0.3, -0.25) is 9.59 Å². The van der Waals surface area contributed by atoms with Crippen LogP contribution in [0.1, 0.15) is 28.8 Å². The van der Waals surface area contributed by atoms with Crippen molar-refractivity contribution >= 4 is 45.0 Å². The molecular weight excluding hydrogens is 432 g/mol. The number of carbonyl (C=O) groups excluding carboxylic acids is 2. The predicted molar refractivity (Wildman–Crippen MR) is 109 cm³/mol. The molecule has 0 aliphatic heterocycles. The third kappa shape index (κ3) is 4.51. The van der Waals surface area contributed by atoms with E-state index in [0.29, 0.717) is 24.4 Å². The fourth-order valence-electron chi connectivity index (χ4n) is 2.93. The minimum atomic E-state index is -0.483. The number of nitrogens with one attached hydrogen (secondary N) is 2. The topological polar surface area (TPSA) is 67.4 Å². The molecule has 27 heavy (non-hydrogen) atoms. The SMILES string of the molecule is COCCNC(=O)c1ccc(NC(=O)C2(c3ccc(Br)cc3)CC2)cc1Cl. The number of amides is 2. The Bertz CT molecular complexity index is 851. The molecule has 2 aromatic carbocycles. The van der Waals surface area contributed by atoms with Crippen LogP contribution in [-0.4, -0.2) is 32.1 Å². The van der Waals surface area contributed by atoms with Crippen molar-refractivity contribution < 1.29 is 14.3 Å². The van der Waals surface area contributed by atoms with Crippen molar-refractivity contribution in [2.75, 3.05) is 25.6 Å². The summed E-state index contributed by atoms with van der Waals surface area (Å²) in [4.78, 5) is 24.9. The summed E-state index contributed by atoms with van der Waals surface area (Å²) in [7, 11) is 1.57. The first-order valence-electron chi connectivity index (χ1n) is 8.60. The van der Waals surface area contributed by atoms with Gasteiger partial charge in [-0.15, -0.1) is 0 Å². The van der Waals surface area contributed by atoms with E-state index >= 15 is 0 Å². The van der Waals surface area contributed by atoms with E-state index in [4.69, 9.17) is 16.3 Å². The number of rotatable bonds is 7. The standard InChI is InChI=1S/C20H20BrClN2O3/c1-27-11-10-23-18(25)16-7-6-15(12-17(16)22)24-19(26)20(8-9-20)13-2-4-14(21)5-3-13/h2-7,12H,8-11H2,1H3,(H,23,25)(H,24,26). The quantitative estimate of drug-likeness (QED) is 0.622. The molecule has 0 unspecified atom stereocenters. The lowest BCUT2D eigenvalue weighted by atomic mass is 9.95. The van der Waals surface area contributed by atoms with E-state index in [1.54, 1.807) is 25.3 Å². The second kappa shape index (κ2) is 8.42. The van der Waals surface area contributed by atoms with E-state index in [0.717, 1.165) is 22.9 Å². The van der Waals surface area contributed by atoms with E-state index in [2.05, 4.69) is 26.6 Å². The molecule has 2 N–H and O–H groups in total. The molecule has 0 radical (unpaired) electrons. The summed E-state index contributed by atoms with van der Waals surface area (Å²) in [5.74, 6) is -0.332. The van der Waals surface area contributed by atoms with Crippen molar-refractivity contribution in [1.82, 2.24) is 5.32 Å². The third-order valence-corrected chi connectivity index (χ3v) is 5.49. The lowest BCUT2D eigenvalue weighted by Gasteiger charge is -2.16. The largest absolute Gasteiger partial charge is 0.383 e. The van der Waals surface area contributed by atoms with Crippen molar-refractivity contribution in [3.05, 3.63) is 63.1 Å². The minimum Gasteiger partial charge on any atom is -0.383 e. The Morgan fingerprint density at radius 1 is 1.19 bits per heavy atom. The summed E-state index contributed by atoms with van der Waals surface area (Å²) in [6.45, 7) is 0.829. The first-order valence-corrected chi connectivity index (χ1v) is 9.77. The van der Waals surface area contributed by atoms with Gasteiger partial charge in [-0.2, -0.15) is 0 Å². The molecule has 0 atom stereocenters. The minimum absolute atomic E-state index is 0.0572. The second-order valence-corrected chi connectivity index (χ2v) is 7.81. The first-order chi connectivity index (χ1) is 13.0. The maximum atomic E-state index is 12.8. The molecule has 0 aromatic heterocycles. The van der Waals surface area contributed by atoms with Gasteiger partial charge in [-0.05, 0) is 48.7 Å². The molecule has 0 saturated heterocycles. The summed E-state index contributed by atoms with van der Waals surface area (Å²) < 4.78 is 5.88. The van der Waals surface area contributed by atoms with E-state index in [9.17, 15) is 9.59 Å². The van der Waals surface area contributed by atoms with Crippen LogP contribution < -0.4 is 10.6 Å². The van der Waals surface area contributed by atoms with Crippen molar-refractivity contribution in [2.24, 2.45) is 0 Å². The number of methoxy groups -OCH3 is 1. The Kier molecular flexibility index (Phi) is 6.19. The van der Waals surface area contributed by atoms with Gasteiger partial charge in [0.05, 0.1) is 22.6 Å². The van der Waals surface area contributed by atoms with Crippen LogP contribution in [0.25, 0.3) is 0 Å². The van der Waals surface area contributed by atoms with Gasteiger partial charge >= 0.3 is 0 Å². The fourth-order valence-corrected chi connectivity index (χ4v) is 3.46. The Morgan fingerprint density at radius 2 is 1.89 bits per heavy atom. The zero-order valence-electron chi connectivity index (χ0n) is 14.9. The number of anilines is 1. The number of ether oxygens (including phenoxy) is 1. The summed E-state index contributed by atoms with van der Waals surface area (Å²) in [6.07, 6.45) is 1.63. The van der Waals surface area contributed by atoms with Gasteiger partial charge in [0, 0.05) is 23.8 Å². The van der Waals surface area contributed by atoms with Crippen LogP contribution in [0.4, 0.5) is 5.69 Å². The molecule has 1 aliphatic rings. The zero-order chi connectivity index (χ0) is 19.4. The van der Waals surface area contributed by atoms with Gasteiger partial charge in [-0.1, -0.05) is 39.7 Å². The smallest absolute Gasteiger partial charge is 0.252 e. The van der Waals surface area contributed by atoms with Crippen LogP contribution in [0.5, 0.6) is 0 Å². The average Bonchev–Trinajstić information content (AvgIpc) is 3.44. The lowest BCUT2D eigenvalue weighted by molar-refractivity contribution is -0.118. The van der Waals surface area contributed by atoms with Crippen LogP contribution in [0, 0.1) is 0 Å². The lowest BCUT2D eigenvalue weighted by Crippen LogP contribution is -2.28. The molecule has 0 bridgehead atoms. The number of halogens is 2. The van der Waals surface area contributed by atoms with E-state index < -0.39 is 5.41 Å². The van der Waals surface area contributed by atoms with Crippen molar-refractivity contribution in [3.8, 4) is 0 Å². The number of hydrogen-bond acceptors (Lipinski definition) is 3. The summed E-state index contributed by atoms with van der Waals surface area (Å²) in [5.41, 5.74) is 1.45. The second-order valence-electron chi connectivity index (χ2n) is 6.49. The molecule has 3 rings (SSSR count). The van der Waals surface area contributed by atoms with Crippen molar-refractivity contribution in [2.45, 2.75) is 18.3 Å². The maximum absolute atomic E-state index is 12.8. The number of hydrogen-bond donors (Lipinski definition) is 2. The normalized spacial score (nSPS) is 14.5. The van der Waals surface area contributed by atoms with Crippen LogP contribution in [0.15, 0.2) is 46.9 Å². The maximum Gasteiger partial charge on any atom is 0.252 e. The van der Waals surface area contributed by atoms with Crippen LogP contribution in [0.2, 0.25) is 5.02 Å². The molecule has 7 heteroatoms. The molecule has 5 nitrogen and oxygen atoms in total. The summed E-state index contributed by atoms with van der Waals surface area (Å²) in [6, 6.07) is 12.7. The van der Waals surface area contributed by atoms with Crippen LogP contribution in [-0.2, 0) is 14.9 Å². The van der Waals surface area contributed by atoms with Gasteiger partial charge in [-0.25, -0.2) is 0 Å². The first kappa shape index (κ1) is 19.9. The molecule has 142 valence electrons. The van der Waals surface area contributed by atoms with E-state index in [-0.39, 0.29) is 16.8 Å². The van der Waals surface area contributed by atoms with Crippen LogP contribution >= 0.6 is 27.5 Å². The highest BCUT2D eigenvalue weighted by atomic mass is 79.9. The Balaban J connectivity index is 1.69. The highest BCUT2D eigenvalue weighted by Crippen LogP contribution is 2.49. The van der Waals surface area contributed by atoms with Crippen LogP contribution in [0.3, 0.4) is 0 Å². The Morgan fingerprint density at radius 3 is 2.48 bits per heavy atom. The fraction of sp³-hybridized carbons (Fsp3) is 0.300. The summed E-state index contributed by atoms with van der Waals surface area (Å²) in [5, 5.41) is 5.94. The highest BCUT2D eigenvalue weighted by Gasteiger charge is 2.51. The molecular formula is C20H20BrClN2O3. The predicted octanol–water partition coefficient (Wildman–Crippen LogP) is 4.15. The molecule has 2 amide bonds. The van der Waals surface area contributed by atoms with Gasteiger partial charge in [0.1, 0.15) is 0 Å². The molecule has 2 aromatic rings. The average molecular weight is 452 g/mol. The molecule has 1 aliphatic carbocycles. The monoisotopic (exact) mass is 450 g/mol. The Hall–Kier alpha value is -1.89. The Labute approximate surface area is 171 Å². The van der Waals surface area contributed by atoms with Crippen molar-refractivity contribution in [1.29, 1.82) is 0 Å². The molecule has 1 saturated carbocycles. The number of carbonyl (C=O) groups is 2. The van der Waals surface area contributed by atoms with Crippen molar-refractivity contribution in [3.63, 3.8) is 0 Å². The summed E-state index contributed by atoms with van der Waals surface area (Å²) >= 11 is 9.65. The highest BCUT2D eigenvalue weighted by molar-refractivity contribution is 9.10. The number of benzene rings is 2. The van der Waals surface area contributed by atoms with Gasteiger partial charge < -0.3 is 15.4 Å². The van der Waals surface area contributed by atoms with Gasteiger partial charge in [0.25, 0.3) is 5.91 Å². The molecule has 0 spiro atoms.